The smallest absolute Gasteiger partial charge is 0.124 e. The van der Waals surface area contributed by atoms with E-state index in [4.69, 9.17) is 0 Å². The zero-order chi connectivity index (χ0) is 15.2. The molecule has 0 aliphatic rings. The van der Waals surface area contributed by atoms with Gasteiger partial charge in [0.05, 0.1) is 0 Å². The molecule has 1 N–H and O–H groups in total. The molecule has 0 aliphatic heterocycles. The van der Waals surface area contributed by atoms with E-state index < -0.39 is 0 Å². The van der Waals surface area contributed by atoms with Crippen LogP contribution in [0.1, 0.15) is 36.2 Å². The molecule has 0 spiro atoms. The summed E-state index contributed by atoms with van der Waals surface area (Å²) in [5.41, 5.74) is 3.10. The van der Waals surface area contributed by atoms with Crippen LogP contribution < -0.4 is 5.32 Å². The lowest BCUT2D eigenvalue weighted by atomic mass is 10.0. The lowest BCUT2D eigenvalue weighted by Crippen LogP contribution is -2.24. The summed E-state index contributed by atoms with van der Waals surface area (Å²) >= 11 is 3.36. The maximum Gasteiger partial charge on any atom is 0.124 e. The third-order valence-electron chi connectivity index (χ3n) is 3.31. The average Bonchev–Trinajstić information content (AvgIpc) is 2.44. The van der Waals surface area contributed by atoms with Gasteiger partial charge in [0.2, 0.25) is 0 Å². The fourth-order valence-electron chi connectivity index (χ4n) is 2.23. The lowest BCUT2D eigenvalue weighted by Gasteiger charge is -2.19. The average molecular weight is 351 g/mol. The zero-order valence-corrected chi connectivity index (χ0v) is 14.0. The van der Waals surface area contributed by atoms with E-state index in [1.807, 2.05) is 25.3 Å². The largest absolute Gasteiger partial charge is 0.310 e. The van der Waals surface area contributed by atoms with Crippen molar-refractivity contribution in [3.8, 4) is 0 Å². The van der Waals surface area contributed by atoms with Crippen molar-refractivity contribution in [1.82, 2.24) is 10.3 Å². The number of hydrogen-bond donors (Lipinski definition) is 1. The van der Waals surface area contributed by atoms with E-state index in [1.165, 1.54) is 6.07 Å². The molecule has 1 aromatic carbocycles. The minimum absolute atomic E-state index is 0.0622. The van der Waals surface area contributed by atoms with Gasteiger partial charge in [0.1, 0.15) is 5.82 Å². The van der Waals surface area contributed by atoms with Crippen LogP contribution >= 0.6 is 15.9 Å². The Morgan fingerprint density at radius 2 is 2.10 bits per heavy atom. The molecule has 0 amide bonds. The van der Waals surface area contributed by atoms with Gasteiger partial charge in [-0.2, -0.15) is 0 Å². The van der Waals surface area contributed by atoms with Crippen molar-refractivity contribution in [1.29, 1.82) is 0 Å². The SMILES string of the molecule is CCCNC(Cc1ccc(C)cn1)c1cc(F)cc(Br)c1. The first kappa shape index (κ1) is 16.1. The van der Waals surface area contributed by atoms with E-state index in [-0.39, 0.29) is 11.9 Å². The lowest BCUT2D eigenvalue weighted by molar-refractivity contribution is 0.519. The highest BCUT2D eigenvalue weighted by Crippen LogP contribution is 2.23. The molecule has 0 radical (unpaired) electrons. The minimum Gasteiger partial charge on any atom is -0.310 e. The van der Waals surface area contributed by atoms with Gasteiger partial charge in [-0.05, 0) is 55.3 Å². The predicted molar refractivity (Wildman–Crippen MR) is 87.8 cm³/mol. The Bertz CT molecular complexity index is 564. The van der Waals surface area contributed by atoms with Crippen molar-refractivity contribution in [2.45, 2.75) is 32.7 Å². The van der Waals surface area contributed by atoms with Crippen LogP contribution in [-0.4, -0.2) is 11.5 Å². The van der Waals surface area contributed by atoms with Crippen molar-refractivity contribution < 1.29 is 4.39 Å². The molecule has 21 heavy (non-hydrogen) atoms. The molecule has 1 aromatic heterocycles. The molecule has 4 heteroatoms. The summed E-state index contributed by atoms with van der Waals surface area (Å²) in [6.45, 7) is 5.04. The Hall–Kier alpha value is -1.26. The number of benzene rings is 1. The first-order valence-corrected chi connectivity index (χ1v) is 7.98. The van der Waals surface area contributed by atoms with Gasteiger partial charge in [-0.15, -0.1) is 0 Å². The van der Waals surface area contributed by atoms with Gasteiger partial charge in [-0.25, -0.2) is 4.39 Å². The van der Waals surface area contributed by atoms with Gasteiger partial charge in [0.25, 0.3) is 0 Å². The second-order valence-electron chi connectivity index (χ2n) is 5.24. The zero-order valence-electron chi connectivity index (χ0n) is 12.4. The third kappa shape index (κ3) is 4.90. The summed E-state index contributed by atoms with van der Waals surface area (Å²) in [7, 11) is 0. The molecule has 2 nitrogen and oxygen atoms in total. The molecule has 1 heterocycles. The van der Waals surface area contributed by atoms with Gasteiger partial charge in [-0.1, -0.05) is 28.9 Å². The number of hydrogen-bond acceptors (Lipinski definition) is 2. The fourth-order valence-corrected chi connectivity index (χ4v) is 2.71. The Morgan fingerprint density at radius 3 is 2.71 bits per heavy atom. The molecule has 2 aromatic rings. The van der Waals surface area contributed by atoms with Crippen molar-refractivity contribution in [2.24, 2.45) is 0 Å². The predicted octanol–water partition coefficient (Wildman–Crippen LogP) is 4.58. The molecule has 1 atom stereocenters. The molecule has 0 bridgehead atoms. The van der Waals surface area contributed by atoms with E-state index in [1.54, 1.807) is 6.07 Å². The molecule has 2 rings (SSSR count). The molecular weight excluding hydrogens is 331 g/mol. The van der Waals surface area contributed by atoms with Crippen LogP contribution in [0.2, 0.25) is 0 Å². The van der Waals surface area contributed by atoms with Crippen LogP contribution in [0.5, 0.6) is 0 Å². The fraction of sp³-hybridized carbons (Fsp3) is 0.353. The van der Waals surface area contributed by atoms with Crippen LogP contribution in [0.15, 0.2) is 41.0 Å². The van der Waals surface area contributed by atoms with Crippen molar-refractivity contribution >= 4 is 15.9 Å². The van der Waals surface area contributed by atoms with Crippen molar-refractivity contribution in [3.05, 3.63) is 63.6 Å². The number of aromatic nitrogens is 1. The summed E-state index contributed by atoms with van der Waals surface area (Å²) in [4.78, 5) is 4.45. The van der Waals surface area contributed by atoms with E-state index in [2.05, 4.69) is 39.2 Å². The van der Waals surface area contributed by atoms with Crippen LogP contribution in [0.3, 0.4) is 0 Å². The van der Waals surface area contributed by atoms with E-state index in [0.717, 1.165) is 40.7 Å². The maximum absolute atomic E-state index is 13.6. The maximum atomic E-state index is 13.6. The molecule has 0 fully saturated rings. The topological polar surface area (TPSA) is 24.9 Å². The highest BCUT2D eigenvalue weighted by atomic mass is 79.9. The van der Waals surface area contributed by atoms with Crippen LogP contribution in [0, 0.1) is 12.7 Å². The second kappa shape index (κ2) is 7.66. The molecule has 0 saturated heterocycles. The number of rotatable bonds is 6. The first-order valence-electron chi connectivity index (χ1n) is 7.19. The van der Waals surface area contributed by atoms with Gasteiger partial charge in [-0.3, -0.25) is 4.98 Å². The van der Waals surface area contributed by atoms with Gasteiger partial charge >= 0.3 is 0 Å². The highest BCUT2D eigenvalue weighted by Gasteiger charge is 2.14. The molecular formula is C17H20BrFN2. The number of pyridine rings is 1. The molecule has 0 aliphatic carbocycles. The van der Waals surface area contributed by atoms with Crippen molar-refractivity contribution in [3.63, 3.8) is 0 Å². The highest BCUT2D eigenvalue weighted by molar-refractivity contribution is 9.10. The Morgan fingerprint density at radius 1 is 1.29 bits per heavy atom. The summed E-state index contributed by atoms with van der Waals surface area (Å²) < 4.78 is 14.4. The second-order valence-corrected chi connectivity index (χ2v) is 6.16. The van der Waals surface area contributed by atoms with E-state index in [9.17, 15) is 4.39 Å². The Balaban J connectivity index is 2.22. The van der Waals surface area contributed by atoms with Gasteiger partial charge in [0.15, 0.2) is 0 Å². The van der Waals surface area contributed by atoms with Gasteiger partial charge in [0, 0.05) is 28.8 Å². The third-order valence-corrected chi connectivity index (χ3v) is 3.77. The summed E-state index contributed by atoms with van der Waals surface area (Å²) in [5.74, 6) is -0.223. The number of nitrogens with zero attached hydrogens (tertiary/aromatic N) is 1. The summed E-state index contributed by atoms with van der Waals surface area (Å²) in [6, 6.07) is 9.18. The van der Waals surface area contributed by atoms with Crippen molar-refractivity contribution in [2.75, 3.05) is 6.54 Å². The number of aryl methyl sites for hydroxylation is 1. The minimum atomic E-state index is -0.223. The molecule has 112 valence electrons. The Kier molecular flexibility index (Phi) is 5.88. The first-order chi connectivity index (χ1) is 10.1. The number of nitrogens with one attached hydrogen (secondary N) is 1. The van der Waals surface area contributed by atoms with E-state index in [0.29, 0.717) is 0 Å². The molecule has 1 unspecified atom stereocenters. The van der Waals surface area contributed by atoms with Crippen LogP contribution in [0.25, 0.3) is 0 Å². The monoisotopic (exact) mass is 350 g/mol. The van der Waals surface area contributed by atoms with Crippen LogP contribution in [-0.2, 0) is 6.42 Å². The van der Waals surface area contributed by atoms with Crippen LogP contribution in [0.4, 0.5) is 4.39 Å². The van der Waals surface area contributed by atoms with Gasteiger partial charge < -0.3 is 5.32 Å². The summed E-state index contributed by atoms with van der Waals surface area (Å²) in [6.07, 6.45) is 3.65. The molecule has 0 saturated carbocycles. The summed E-state index contributed by atoms with van der Waals surface area (Å²) in [5, 5.41) is 3.48. The number of halogens is 2. The van der Waals surface area contributed by atoms with E-state index >= 15 is 0 Å². The normalized spacial score (nSPS) is 12.4. The standard InChI is InChI=1S/C17H20BrFN2/c1-3-6-20-17(10-16-5-4-12(2)11-21-16)13-7-14(18)9-15(19)8-13/h4-5,7-9,11,17,20H,3,6,10H2,1-2H3. The Labute approximate surface area is 133 Å². The quantitative estimate of drug-likeness (QED) is 0.824.